The van der Waals surface area contributed by atoms with E-state index in [0.717, 1.165) is 11.3 Å². The second-order valence-corrected chi connectivity index (χ2v) is 7.37. The minimum absolute atomic E-state index is 0.0182. The third-order valence-corrected chi connectivity index (χ3v) is 5.00. The van der Waals surface area contributed by atoms with Crippen molar-refractivity contribution in [3.8, 4) is 0 Å². The molecule has 0 radical (unpaired) electrons. The van der Waals surface area contributed by atoms with Crippen LogP contribution in [0.3, 0.4) is 0 Å². The number of benzene rings is 2. The highest BCUT2D eigenvalue weighted by Gasteiger charge is 2.18. The molecule has 0 unspecified atom stereocenters. The average molecular weight is 346 g/mol. The highest BCUT2D eigenvalue weighted by Crippen LogP contribution is 2.17. The summed E-state index contributed by atoms with van der Waals surface area (Å²) >= 11 is 0. The van der Waals surface area contributed by atoms with Crippen molar-refractivity contribution < 1.29 is 13.2 Å². The van der Waals surface area contributed by atoms with E-state index in [1.165, 1.54) is 0 Å². The lowest BCUT2D eigenvalue weighted by Crippen LogP contribution is -2.40. The number of sulfonamides is 1. The molecule has 0 fully saturated rings. The van der Waals surface area contributed by atoms with Crippen LogP contribution in [0.4, 0.5) is 5.69 Å². The molecule has 0 atom stereocenters. The Labute approximate surface area is 143 Å². The highest BCUT2D eigenvalue weighted by molar-refractivity contribution is 7.89. The van der Waals surface area contributed by atoms with Gasteiger partial charge in [-0.3, -0.25) is 4.79 Å². The largest absolute Gasteiger partial charge is 0.307 e. The summed E-state index contributed by atoms with van der Waals surface area (Å²) in [7, 11) is -3.41. The van der Waals surface area contributed by atoms with Gasteiger partial charge in [-0.1, -0.05) is 55.5 Å². The molecule has 0 bridgehead atoms. The number of para-hydroxylation sites is 1. The molecule has 1 N–H and O–H groups in total. The van der Waals surface area contributed by atoms with Crippen molar-refractivity contribution in [2.45, 2.75) is 19.9 Å². The van der Waals surface area contributed by atoms with Crippen molar-refractivity contribution in [3.63, 3.8) is 0 Å². The van der Waals surface area contributed by atoms with E-state index in [1.54, 1.807) is 11.8 Å². The van der Waals surface area contributed by atoms with E-state index < -0.39 is 10.0 Å². The van der Waals surface area contributed by atoms with Gasteiger partial charge in [-0.15, -0.1) is 0 Å². The van der Waals surface area contributed by atoms with Gasteiger partial charge in [0.15, 0.2) is 0 Å². The Morgan fingerprint density at radius 2 is 1.58 bits per heavy atom. The Morgan fingerprint density at radius 1 is 1.00 bits per heavy atom. The highest BCUT2D eigenvalue weighted by atomic mass is 32.2. The van der Waals surface area contributed by atoms with Gasteiger partial charge < -0.3 is 4.90 Å². The molecule has 0 aliphatic carbocycles. The predicted octanol–water partition coefficient (Wildman–Crippen LogP) is 2.55. The fourth-order valence-electron chi connectivity index (χ4n) is 2.31. The molecular weight excluding hydrogens is 324 g/mol. The maximum Gasteiger partial charge on any atom is 0.242 e. The van der Waals surface area contributed by atoms with E-state index in [9.17, 15) is 13.2 Å². The quantitative estimate of drug-likeness (QED) is 0.799. The summed E-state index contributed by atoms with van der Waals surface area (Å²) in [5.74, 6) is -0.269. The maximum atomic E-state index is 12.6. The zero-order valence-corrected chi connectivity index (χ0v) is 14.5. The van der Waals surface area contributed by atoms with Crippen molar-refractivity contribution in [3.05, 3.63) is 66.2 Å². The van der Waals surface area contributed by atoms with Gasteiger partial charge in [0.05, 0.1) is 18.8 Å². The summed E-state index contributed by atoms with van der Waals surface area (Å²) < 4.78 is 25.9. The molecule has 2 aromatic rings. The fraction of sp³-hybridized carbons (Fsp3) is 0.278. The number of rotatable bonds is 8. The molecule has 24 heavy (non-hydrogen) atoms. The van der Waals surface area contributed by atoms with Crippen LogP contribution < -0.4 is 9.62 Å². The topological polar surface area (TPSA) is 66.5 Å². The fourth-order valence-corrected chi connectivity index (χ4v) is 3.33. The number of carbonyl (C=O) groups is 1. The summed E-state index contributed by atoms with van der Waals surface area (Å²) in [6.45, 7) is 1.93. The minimum Gasteiger partial charge on any atom is -0.307 e. The molecule has 2 aromatic carbocycles. The Balaban J connectivity index is 2.15. The molecular formula is C18H22N2O3S. The third-order valence-electron chi connectivity index (χ3n) is 3.47. The summed E-state index contributed by atoms with van der Waals surface area (Å²) in [6, 6.07) is 18.8. The lowest BCUT2D eigenvalue weighted by molar-refractivity contribution is -0.117. The van der Waals surface area contributed by atoms with E-state index in [-0.39, 0.29) is 18.2 Å². The van der Waals surface area contributed by atoms with Gasteiger partial charge in [-0.2, -0.15) is 0 Å². The van der Waals surface area contributed by atoms with Gasteiger partial charge in [-0.25, -0.2) is 13.1 Å². The van der Waals surface area contributed by atoms with Crippen molar-refractivity contribution in [2.75, 3.05) is 17.2 Å². The predicted molar refractivity (Wildman–Crippen MR) is 96.2 cm³/mol. The van der Waals surface area contributed by atoms with E-state index >= 15 is 0 Å². The second-order valence-electron chi connectivity index (χ2n) is 5.44. The Morgan fingerprint density at radius 3 is 2.17 bits per heavy atom. The smallest absolute Gasteiger partial charge is 0.242 e. The maximum absolute atomic E-state index is 12.6. The summed E-state index contributed by atoms with van der Waals surface area (Å²) in [6.07, 6.45) is 0.510. The Bertz CT molecular complexity index is 746. The second kappa shape index (κ2) is 8.61. The Hall–Kier alpha value is -2.18. The summed E-state index contributed by atoms with van der Waals surface area (Å²) in [5.41, 5.74) is 1.71. The van der Waals surface area contributed by atoms with Crippen LogP contribution in [0, 0.1) is 0 Å². The number of hydrogen-bond acceptors (Lipinski definition) is 3. The van der Waals surface area contributed by atoms with Crippen LogP contribution >= 0.6 is 0 Å². The van der Waals surface area contributed by atoms with Crippen LogP contribution in [-0.2, 0) is 21.4 Å². The first-order chi connectivity index (χ1) is 11.5. The number of nitrogens with one attached hydrogen (secondary N) is 1. The summed E-state index contributed by atoms with van der Waals surface area (Å²) in [5, 5.41) is 0. The van der Waals surface area contributed by atoms with Crippen LogP contribution in [0.5, 0.6) is 0 Å². The molecule has 0 spiro atoms. The van der Waals surface area contributed by atoms with Gasteiger partial charge in [0.25, 0.3) is 0 Å². The van der Waals surface area contributed by atoms with Crippen LogP contribution in [0.25, 0.3) is 0 Å². The zero-order valence-electron chi connectivity index (χ0n) is 13.7. The molecule has 128 valence electrons. The average Bonchev–Trinajstić information content (AvgIpc) is 2.59. The molecule has 0 saturated carbocycles. The summed E-state index contributed by atoms with van der Waals surface area (Å²) in [4.78, 5) is 14.2. The molecule has 5 nitrogen and oxygen atoms in total. The minimum atomic E-state index is -3.41. The molecule has 0 aliphatic heterocycles. The van der Waals surface area contributed by atoms with Crippen LogP contribution in [0.2, 0.25) is 0 Å². The van der Waals surface area contributed by atoms with Crippen LogP contribution in [0.1, 0.15) is 18.9 Å². The molecule has 0 aliphatic rings. The van der Waals surface area contributed by atoms with Gasteiger partial charge in [0, 0.05) is 5.69 Å². The van der Waals surface area contributed by atoms with Gasteiger partial charge in [0.1, 0.15) is 0 Å². The monoisotopic (exact) mass is 346 g/mol. The normalized spacial score (nSPS) is 11.2. The third kappa shape index (κ3) is 5.47. The number of nitrogens with zero attached hydrogens (tertiary/aromatic N) is 1. The van der Waals surface area contributed by atoms with Gasteiger partial charge in [0.2, 0.25) is 15.9 Å². The number of hydrogen-bond donors (Lipinski definition) is 1. The lowest BCUT2D eigenvalue weighted by atomic mass is 10.2. The van der Waals surface area contributed by atoms with Crippen molar-refractivity contribution in [2.24, 2.45) is 0 Å². The Kier molecular flexibility index (Phi) is 6.52. The van der Waals surface area contributed by atoms with Crippen molar-refractivity contribution >= 4 is 21.6 Å². The van der Waals surface area contributed by atoms with Crippen LogP contribution in [0.15, 0.2) is 60.7 Å². The van der Waals surface area contributed by atoms with Crippen molar-refractivity contribution in [1.82, 2.24) is 4.72 Å². The molecule has 6 heteroatoms. The van der Waals surface area contributed by atoms with E-state index in [1.807, 2.05) is 60.7 Å². The number of carbonyl (C=O) groups excluding carboxylic acids is 1. The van der Waals surface area contributed by atoms with Gasteiger partial charge >= 0.3 is 0 Å². The number of amides is 1. The first-order valence-corrected chi connectivity index (χ1v) is 9.54. The van der Waals surface area contributed by atoms with E-state index in [4.69, 9.17) is 0 Å². The van der Waals surface area contributed by atoms with Gasteiger partial charge in [-0.05, 0) is 24.1 Å². The molecule has 2 rings (SSSR count). The SMILES string of the molecule is CCCS(=O)(=O)NCC(=O)N(Cc1ccccc1)c1ccccc1. The zero-order chi connectivity index (χ0) is 17.4. The first-order valence-electron chi connectivity index (χ1n) is 7.88. The molecule has 0 aromatic heterocycles. The standard InChI is InChI=1S/C18H22N2O3S/c1-2-13-24(22,23)19-14-18(21)20(17-11-7-4-8-12-17)15-16-9-5-3-6-10-16/h3-12,19H,2,13-15H2,1H3. The molecule has 1 amide bonds. The molecule has 0 saturated heterocycles. The van der Waals surface area contributed by atoms with E-state index in [2.05, 4.69) is 4.72 Å². The van der Waals surface area contributed by atoms with Crippen LogP contribution in [-0.4, -0.2) is 26.6 Å². The number of anilines is 1. The first kappa shape index (κ1) is 18.2. The lowest BCUT2D eigenvalue weighted by Gasteiger charge is -2.23. The van der Waals surface area contributed by atoms with Crippen molar-refractivity contribution in [1.29, 1.82) is 0 Å². The van der Waals surface area contributed by atoms with E-state index in [0.29, 0.717) is 13.0 Å². The molecule has 0 heterocycles.